The van der Waals surface area contributed by atoms with E-state index in [9.17, 15) is 18.0 Å². The first-order valence-electron chi connectivity index (χ1n) is 7.57. The number of hydrogen-bond donors (Lipinski definition) is 1. The SMILES string of the molecule is O=C(c1cccc(C(F)(F)F)c1)N1CCC2(CCNCC2)C1. The van der Waals surface area contributed by atoms with E-state index in [0.29, 0.717) is 13.1 Å². The highest BCUT2D eigenvalue weighted by atomic mass is 19.4. The molecule has 2 aliphatic rings. The normalized spacial score (nSPS) is 21.3. The first-order chi connectivity index (χ1) is 10.4. The van der Waals surface area contributed by atoms with Gasteiger partial charge in [-0.1, -0.05) is 6.07 Å². The van der Waals surface area contributed by atoms with Gasteiger partial charge >= 0.3 is 6.18 Å². The third-order valence-electron chi connectivity index (χ3n) is 4.83. The van der Waals surface area contributed by atoms with Crippen LogP contribution in [0.3, 0.4) is 0 Å². The van der Waals surface area contributed by atoms with Crippen LogP contribution in [0.25, 0.3) is 0 Å². The van der Waals surface area contributed by atoms with Crippen molar-refractivity contribution in [2.75, 3.05) is 26.2 Å². The fraction of sp³-hybridized carbons (Fsp3) is 0.562. The predicted octanol–water partition coefficient (Wildman–Crippen LogP) is 2.92. The zero-order valence-electron chi connectivity index (χ0n) is 12.2. The summed E-state index contributed by atoms with van der Waals surface area (Å²) in [6.45, 7) is 3.19. The minimum absolute atomic E-state index is 0.126. The van der Waals surface area contributed by atoms with Gasteiger partial charge in [0.15, 0.2) is 0 Å². The average molecular weight is 312 g/mol. The minimum Gasteiger partial charge on any atom is -0.338 e. The molecule has 3 rings (SSSR count). The molecule has 0 aliphatic carbocycles. The van der Waals surface area contributed by atoms with E-state index in [0.717, 1.165) is 44.5 Å². The van der Waals surface area contributed by atoms with Gasteiger partial charge in [0.25, 0.3) is 5.91 Å². The number of alkyl halides is 3. The van der Waals surface area contributed by atoms with Crippen molar-refractivity contribution in [3.63, 3.8) is 0 Å². The molecule has 6 heteroatoms. The van der Waals surface area contributed by atoms with Crippen molar-refractivity contribution < 1.29 is 18.0 Å². The maximum absolute atomic E-state index is 12.8. The number of carbonyl (C=O) groups is 1. The molecule has 0 unspecified atom stereocenters. The Morgan fingerprint density at radius 2 is 1.91 bits per heavy atom. The maximum Gasteiger partial charge on any atom is 0.416 e. The van der Waals surface area contributed by atoms with E-state index in [2.05, 4.69) is 5.32 Å². The largest absolute Gasteiger partial charge is 0.416 e. The highest BCUT2D eigenvalue weighted by molar-refractivity contribution is 5.94. The second-order valence-electron chi connectivity index (χ2n) is 6.31. The first-order valence-corrected chi connectivity index (χ1v) is 7.57. The smallest absolute Gasteiger partial charge is 0.338 e. The first kappa shape index (κ1) is 15.3. The van der Waals surface area contributed by atoms with Crippen molar-refractivity contribution in [2.45, 2.75) is 25.4 Å². The molecule has 2 heterocycles. The van der Waals surface area contributed by atoms with Crippen molar-refractivity contribution in [1.82, 2.24) is 10.2 Å². The Morgan fingerprint density at radius 1 is 1.18 bits per heavy atom. The molecule has 1 aromatic rings. The van der Waals surface area contributed by atoms with Crippen LogP contribution in [-0.2, 0) is 6.18 Å². The van der Waals surface area contributed by atoms with Gasteiger partial charge in [-0.15, -0.1) is 0 Å². The minimum atomic E-state index is -4.42. The van der Waals surface area contributed by atoms with Crippen molar-refractivity contribution in [2.24, 2.45) is 5.41 Å². The van der Waals surface area contributed by atoms with Crippen molar-refractivity contribution in [3.05, 3.63) is 35.4 Å². The van der Waals surface area contributed by atoms with Gasteiger partial charge in [0.2, 0.25) is 0 Å². The van der Waals surface area contributed by atoms with Crippen LogP contribution in [0.2, 0.25) is 0 Å². The molecule has 0 bridgehead atoms. The molecule has 120 valence electrons. The fourth-order valence-electron chi connectivity index (χ4n) is 3.48. The second kappa shape index (κ2) is 5.57. The number of nitrogens with zero attached hydrogens (tertiary/aromatic N) is 1. The lowest BCUT2D eigenvalue weighted by molar-refractivity contribution is -0.137. The van der Waals surface area contributed by atoms with Crippen LogP contribution in [0.4, 0.5) is 13.2 Å². The lowest BCUT2D eigenvalue weighted by atomic mass is 9.78. The number of halogens is 3. The zero-order valence-corrected chi connectivity index (χ0v) is 12.2. The van der Waals surface area contributed by atoms with Crippen molar-refractivity contribution in [1.29, 1.82) is 0 Å². The molecule has 1 amide bonds. The number of amides is 1. The summed E-state index contributed by atoms with van der Waals surface area (Å²) >= 11 is 0. The third-order valence-corrected chi connectivity index (χ3v) is 4.83. The quantitative estimate of drug-likeness (QED) is 0.865. The number of benzene rings is 1. The summed E-state index contributed by atoms with van der Waals surface area (Å²) in [5.41, 5.74) is -0.488. The maximum atomic E-state index is 12.8. The average Bonchev–Trinajstić information content (AvgIpc) is 2.90. The van der Waals surface area contributed by atoms with E-state index in [4.69, 9.17) is 0 Å². The molecule has 3 nitrogen and oxygen atoms in total. The van der Waals surface area contributed by atoms with Gasteiger partial charge in [0.1, 0.15) is 0 Å². The van der Waals surface area contributed by atoms with Crippen LogP contribution in [0.5, 0.6) is 0 Å². The molecule has 1 N–H and O–H groups in total. The summed E-state index contributed by atoms with van der Waals surface area (Å²) in [7, 11) is 0. The second-order valence-corrected chi connectivity index (χ2v) is 6.31. The van der Waals surface area contributed by atoms with E-state index in [1.165, 1.54) is 12.1 Å². The van der Waals surface area contributed by atoms with E-state index < -0.39 is 11.7 Å². The summed E-state index contributed by atoms with van der Waals surface area (Å²) in [5, 5.41) is 3.31. The standard InChI is InChI=1S/C16H19F3N2O/c17-16(18,19)13-3-1-2-12(10-13)14(22)21-9-6-15(11-21)4-7-20-8-5-15/h1-3,10,20H,4-9,11H2. The molecule has 0 atom stereocenters. The summed E-state index contributed by atoms with van der Waals surface area (Å²) in [5.74, 6) is -0.290. The molecular formula is C16H19F3N2O. The molecule has 2 saturated heterocycles. The van der Waals surface area contributed by atoms with Crippen molar-refractivity contribution >= 4 is 5.91 Å². The number of hydrogen-bond acceptors (Lipinski definition) is 2. The Hall–Kier alpha value is -1.56. The topological polar surface area (TPSA) is 32.3 Å². The van der Waals surface area contributed by atoms with Gasteiger partial charge in [0, 0.05) is 18.7 Å². The Balaban J connectivity index is 1.75. The van der Waals surface area contributed by atoms with Crippen LogP contribution in [-0.4, -0.2) is 37.0 Å². The van der Waals surface area contributed by atoms with Gasteiger partial charge in [0.05, 0.1) is 5.56 Å². The molecule has 0 saturated carbocycles. The van der Waals surface area contributed by atoms with Gasteiger partial charge in [-0.05, 0) is 56.0 Å². The molecule has 2 aliphatic heterocycles. The number of rotatable bonds is 1. The van der Waals surface area contributed by atoms with Crippen LogP contribution in [0, 0.1) is 5.41 Å². The fourth-order valence-corrected chi connectivity index (χ4v) is 3.48. The third kappa shape index (κ3) is 2.97. The van der Waals surface area contributed by atoms with E-state index >= 15 is 0 Å². The van der Waals surface area contributed by atoms with E-state index in [1.807, 2.05) is 0 Å². The van der Waals surface area contributed by atoms with Crippen LogP contribution in [0.15, 0.2) is 24.3 Å². The highest BCUT2D eigenvalue weighted by Gasteiger charge is 2.41. The van der Waals surface area contributed by atoms with Gasteiger partial charge < -0.3 is 10.2 Å². The molecular weight excluding hydrogens is 293 g/mol. The van der Waals surface area contributed by atoms with E-state index in [-0.39, 0.29) is 16.9 Å². The van der Waals surface area contributed by atoms with Crippen molar-refractivity contribution in [3.8, 4) is 0 Å². The monoisotopic (exact) mass is 312 g/mol. The van der Waals surface area contributed by atoms with Gasteiger partial charge in [-0.3, -0.25) is 4.79 Å². The molecule has 1 spiro atoms. The predicted molar refractivity (Wildman–Crippen MR) is 76.5 cm³/mol. The van der Waals surface area contributed by atoms with Crippen LogP contribution >= 0.6 is 0 Å². The highest BCUT2D eigenvalue weighted by Crippen LogP contribution is 2.39. The number of piperidine rings is 1. The Morgan fingerprint density at radius 3 is 2.59 bits per heavy atom. The Bertz CT molecular complexity index is 565. The summed E-state index contributed by atoms with van der Waals surface area (Å²) in [6.07, 6.45) is -1.42. The summed E-state index contributed by atoms with van der Waals surface area (Å²) in [6, 6.07) is 4.71. The molecule has 0 radical (unpaired) electrons. The zero-order chi connectivity index (χ0) is 15.8. The summed E-state index contributed by atoms with van der Waals surface area (Å²) in [4.78, 5) is 14.2. The van der Waals surface area contributed by atoms with E-state index in [1.54, 1.807) is 4.90 Å². The van der Waals surface area contributed by atoms with Crippen LogP contribution in [0.1, 0.15) is 35.2 Å². The molecule has 0 aromatic heterocycles. The Kier molecular flexibility index (Phi) is 3.89. The van der Waals surface area contributed by atoms with Crippen LogP contribution < -0.4 is 5.32 Å². The van der Waals surface area contributed by atoms with Gasteiger partial charge in [-0.25, -0.2) is 0 Å². The lowest BCUT2D eigenvalue weighted by Crippen LogP contribution is -2.39. The molecule has 2 fully saturated rings. The number of nitrogens with one attached hydrogen (secondary N) is 1. The number of carbonyl (C=O) groups excluding carboxylic acids is 1. The lowest BCUT2D eigenvalue weighted by Gasteiger charge is -2.33. The molecule has 22 heavy (non-hydrogen) atoms. The summed E-state index contributed by atoms with van der Waals surface area (Å²) < 4.78 is 38.3. The van der Waals surface area contributed by atoms with Gasteiger partial charge in [-0.2, -0.15) is 13.2 Å². The molecule has 1 aromatic carbocycles. The Labute approximate surface area is 127 Å². The number of likely N-dealkylation sites (tertiary alicyclic amines) is 1.